The lowest BCUT2D eigenvalue weighted by atomic mass is 9.77. The number of benzene rings is 1. The predicted octanol–water partition coefficient (Wildman–Crippen LogP) is 3.55. The second kappa shape index (κ2) is 4.95. The molecule has 0 N–H and O–H groups in total. The molecule has 1 aliphatic rings. The van der Waals surface area contributed by atoms with Crippen molar-refractivity contribution in [2.75, 3.05) is 0 Å². The van der Waals surface area contributed by atoms with Gasteiger partial charge in [-0.2, -0.15) is 13.2 Å². The van der Waals surface area contributed by atoms with Gasteiger partial charge in [0.25, 0.3) is 0 Å². The van der Waals surface area contributed by atoms with E-state index < -0.39 is 30.1 Å². The fourth-order valence-electron chi connectivity index (χ4n) is 2.62. The number of rotatable bonds is 1. The van der Waals surface area contributed by atoms with E-state index >= 15 is 0 Å². The van der Waals surface area contributed by atoms with Gasteiger partial charge in [0.1, 0.15) is 0 Å². The molecule has 122 valence electrons. The van der Waals surface area contributed by atoms with Crippen LogP contribution in [0, 0.1) is 0 Å². The predicted molar refractivity (Wildman–Crippen MR) is 82.5 cm³/mol. The summed E-state index contributed by atoms with van der Waals surface area (Å²) in [4.78, 5) is 3.97. The van der Waals surface area contributed by atoms with E-state index in [1.807, 2.05) is 27.7 Å². The van der Waals surface area contributed by atoms with E-state index in [-0.39, 0.29) is 5.39 Å². The summed E-state index contributed by atoms with van der Waals surface area (Å²) in [6.07, 6.45) is -1.70. The summed E-state index contributed by atoms with van der Waals surface area (Å²) in [5.74, 6) is 0. The summed E-state index contributed by atoms with van der Waals surface area (Å²) in [7, 11) is -0.750. The Morgan fingerprint density at radius 1 is 0.957 bits per heavy atom. The molecule has 0 radical (unpaired) electrons. The molecule has 1 aromatic heterocycles. The molecular weight excluding hydrogens is 306 g/mol. The Hall–Kier alpha value is -1.60. The van der Waals surface area contributed by atoms with Gasteiger partial charge in [0.2, 0.25) is 0 Å². The molecule has 23 heavy (non-hydrogen) atoms. The van der Waals surface area contributed by atoms with Crippen molar-refractivity contribution >= 4 is 23.4 Å². The summed E-state index contributed by atoms with van der Waals surface area (Å²) in [6.45, 7) is 7.58. The number of pyridine rings is 1. The van der Waals surface area contributed by atoms with Gasteiger partial charge in [0.15, 0.2) is 0 Å². The lowest BCUT2D eigenvalue weighted by Gasteiger charge is -2.32. The second-order valence-electron chi connectivity index (χ2n) is 6.72. The molecule has 3 nitrogen and oxygen atoms in total. The van der Waals surface area contributed by atoms with E-state index in [1.165, 1.54) is 18.5 Å². The standard InChI is InChI=1S/C16H17BF3NO2/c1-14(2)15(3,4)23-17(22-14)13-9-21-8-11-10(13)6-5-7-12(11)16(18,19)20/h5-9H,1-4H3. The van der Waals surface area contributed by atoms with Crippen LogP contribution in [0.2, 0.25) is 0 Å². The molecule has 0 bridgehead atoms. The first-order chi connectivity index (χ1) is 10.5. The van der Waals surface area contributed by atoms with Gasteiger partial charge in [-0.25, -0.2) is 0 Å². The van der Waals surface area contributed by atoms with Crippen molar-refractivity contribution in [3.05, 3.63) is 36.2 Å². The molecule has 0 amide bonds. The summed E-state index contributed by atoms with van der Waals surface area (Å²) in [5, 5.41) is 0.487. The van der Waals surface area contributed by atoms with Crippen molar-refractivity contribution < 1.29 is 22.5 Å². The van der Waals surface area contributed by atoms with Gasteiger partial charge in [-0.05, 0) is 39.1 Å². The molecule has 0 aliphatic carbocycles. The molecule has 1 aromatic carbocycles. The molecule has 1 saturated heterocycles. The van der Waals surface area contributed by atoms with Crippen LogP contribution in [0.5, 0.6) is 0 Å². The minimum Gasteiger partial charge on any atom is -0.399 e. The summed E-state index contributed by atoms with van der Waals surface area (Å²) in [6, 6.07) is 4.07. The number of hydrogen-bond acceptors (Lipinski definition) is 3. The zero-order chi connectivity index (χ0) is 17.0. The average Bonchev–Trinajstić information content (AvgIpc) is 2.65. The molecule has 0 spiro atoms. The summed E-state index contributed by atoms with van der Waals surface area (Å²) in [5.41, 5.74) is -1.34. The first-order valence-electron chi connectivity index (χ1n) is 7.32. The fourth-order valence-corrected chi connectivity index (χ4v) is 2.62. The van der Waals surface area contributed by atoms with Gasteiger partial charge in [-0.15, -0.1) is 0 Å². The zero-order valence-corrected chi connectivity index (χ0v) is 13.4. The van der Waals surface area contributed by atoms with Gasteiger partial charge in [-0.1, -0.05) is 12.1 Å². The Bertz CT molecular complexity index is 743. The molecule has 0 unspecified atom stereocenters. The van der Waals surface area contributed by atoms with Gasteiger partial charge < -0.3 is 9.31 Å². The minimum atomic E-state index is -4.43. The van der Waals surface area contributed by atoms with E-state index in [2.05, 4.69) is 4.98 Å². The molecule has 1 fully saturated rings. The highest BCUT2D eigenvalue weighted by atomic mass is 19.4. The van der Waals surface area contributed by atoms with Crippen LogP contribution in [0.15, 0.2) is 30.6 Å². The highest BCUT2D eigenvalue weighted by Crippen LogP contribution is 2.38. The largest absolute Gasteiger partial charge is 0.497 e. The first-order valence-corrected chi connectivity index (χ1v) is 7.32. The highest BCUT2D eigenvalue weighted by Gasteiger charge is 2.52. The minimum absolute atomic E-state index is 0.0483. The summed E-state index contributed by atoms with van der Waals surface area (Å²) < 4.78 is 51.4. The first kappa shape index (κ1) is 16.3. The lowest BCUT2D eigenvalue weighted by molar-refractivity contribution is -0.136. The van der Waals surface area contributed by atoms with Crippen LogP contribution in [0.25, 0.3) is 10.8 Å². The highest BCUT2D eigenvalue weighted by molar-refractivity contribution is 6.65. The van der Waals surface area contributed by atoms with Crippen molar-refractivity contribution in [1.29, 1.82) is 0 Å². The van der Waals surface area contributed by atoms with Crippen LogP contribution in [0.4, 0.5) is 13.2 Å². The van der Waals surface area contributed by atoms with E-state index in [0.717, 1.165) is 6.07 Å². The molecule has 2 heterocycles. The van der Waals surface area contributed by atoms with Crippen molar-refractivity contribution in [2.45, 2.75) is 45.1 Å². The third-order valence-corrected chi connectivity index (χ3v) is 4.65. The quantitative estimate of drug-likeness (QED) is 0.752. The van der Waals surface area contributed by atoms with Crippen LogP contribution >= 0.6 is 0 Å². The van der Waals surface area contributed by atoms with Gasteiger partial charge in [0, 0.05) is 23.2 Å². The molecule has 1 aliphatic heterocycles. The Kier molecular flexibility index (Phi) is 3.50. The Morgan fingerprint density at radius 2 is 1.57 bits per heavy atom. The second-order valence-corrected chi connectivity index (χ2v) is 6.72. The zero-order valence-electron chi connectivity index (χ0n) is 13.4. The molecule has 3 rings (SSSR count). The molecule has 0 saturated carbocycles. The maximum atomic E-state index is 13.2. The molecule has 0 atom stereocenters. The SMILES string of the molecule is CC1(C)OB(c2cncc3c(C(F)(F)F)cccc23)OC1(C)C. The number of nitrogens with zero attached hydrogens (tertiary/aromatic N) is 1. The van der Waals surface area contributed by atoms with E-state index in [0.29, 0.717) is 10.8 Å². The van der Waals surface area contributed by atoms with Gasteiger partial charge in [0.05, 0.1) is 16.8 Å². The number of halogens is 3. The Morgan fingerprint density at radius 3 is 2.13 bits per heavy atom. The van der Waals surface area contributed by atoms with Crippen LogP contribution in [-0.2, 0) is 15.5 Å². The number of hydrogen-bond donors (Lipinski definition) is 0. The molecule has 2 aromatic rings. The van der Waals surface area contributed by atoms with Crippen molar-refractivity contribution in [3.8, 4) is 0 Å². The van der Waals surface area contributed by atoms with Crippen LogP contribution in [0.1, 0.15) is 33.3 Å². The fraction of sp³-hybridized carbons (Fsp3) is 0.438. The smallest absolute Gasteiger partial charge is 0.399 e. The van der Waals surface area contributed by atoms with E-state index in [9.17, 15) is 13.2 Å². The van der Waals surface area contributed by atoms with Gasteiger partial charge in [-0.3, -0.25) is 4.98 Å². The normalized spacial score (nSPS) is 20.2. The third kappa shape index (κ3) is 2.62. The van der Waals surface area contributed by atoms with E-state index in [1.54, 1.807) is 6.07 Å². The monoisotopic (exact) mass is 323 g/mol. The van der Waals surface area contributed by atoms with Crippen molar-refractivity contribution in [3.63, 3.8) is 0 Å². The van der Waals surface area contributed by atoms with Gasteiger partial charge >= 0.3 is 13.3 Å². The topological polar surface area (TPSA) is 31.4 Å². The number of fused-ring (bicyclic) bond motifs is 1. The van der Waals surface area contributed by atoms with Crippen LogP contribution in [-0.4, -0.2) is 23.3 Å². The maximum absolute atomic E-state index is 13.2. The number of aromatic nitrogens is 1. The summed E-state index contributed by atoms with van der Waals surface area (Å²) >= 11 is 0. The Labute approximate surface area is 132 Å². The van der Waals surface area contributed by atoms with Crippen LogP contribution < -0.4 is 5.46 Å². The molecular formula is C16H17BF3NO2. The van der Waals surface area contributed by atoms with Crippen molar-refractivity contribution in [2.24, 2.45) is 0 Å². The average molecular weight is 323 g/mol. The Balaban J connectivity index is 2.14. The van der Waals surface area contributed by atoms with E-state index in [4.69, 9.17) is 9.31 Å². The molecule has 7 heteroatoms. The van der Waals surface area contributed by atoms with Crippen LogP contribution in [0.3, 0.4) is 0 Å². The maximum Gasteiger partial charge on any atom is 0.497 e. The lowest BCUT2D eigenvalue weighted by Crippen LogP contribution is -2.41. The third-order valence-electron chi connectivity index (χ3n) is 4.65. The number of alkyl halides is 3. The van der Waals surface area contributed by atoms with Crippen molar-refractivity contribution in [1.82, 2.24) is 4.98 Å².